The maximum absolute atomic E-state index is 12.9. The Morgan fingerprint density at radius 1 is 1.28 bits per heavy atom. The lowest BCUT2D eigenvalue weighted by Crippen LogP contribution is -2.47. The van der Waals surface area contributed by atoms with E-state index >= 15 is 0 Å². The van der Waals surface area contributed by atoms with Crippen LogP contribution in [0.4, 0.5) is 4.39 Å². The molecule has 0 saturated carbocycles. The molecule has 1 heterocycles. The van der Waals surface area contributed by atoms with Crippen LogP contribution >= 0.6 is 0 Å². The van der Waals surface area contributed by atoms with Gasteiger partial charge in [0, 0.05) is 19.1 Å². The third-order valence-corrected chi connectivity index (χ3v) is 3.89. The predicted octanol–water partition coefficient (Wildman–Crippen LogP) is 1.49. The predicted molar refractivity (Wildman–Crippen MR) is 67.7 cm³/mol. The van der Waals surface area contributed by atoms with Crippen LogP contribution in [0, 0.1) is 5.82 Å². The van der Waals surface area contributed by atoms with Crippen LogP contribution < -0.4 is 0 Å². The molecule has 0 amide bonds. The first-order chi connectivity index (χ1) is 8.55. The molecule has 1 fully saturated rings. The van der Waals surface area contributed by atoms with Crippen molar-refractivity contribution in [3.05, 3.63) is 35.6 Å². The summed E-state index contributed by atoms with van der Waals surface area (Å²) in [6.45, 7) is 3.60. The van der Waals surface area contributed by atoms with Crippen LogP contribution in [-0.4, -0.2) is 40.9 Å². The van der Waals surface area contributed by atoms with Crippen LogP contribution in [0.5, 0.6) is 0 Å². The number of piperidine rings is 1. The number of rotatable bonds is 3. The number of benzene rings is 1. The molecule has 1 saturated heterocycles. The van der Waals surface area contributed by atoms with Crippen molar-refractivity contribution >= 4 is 0 Å². The minimum Gasteiger partial charge on any atom is -0.395 e. The molecule has 0 bridgehead atoms. The lowest BCUT2D eigenvalue weighted by molar-refractivity contribution is -0.0390. The second-order valence-corrected chi connectivity index (χ2v) is 5.11. The first-order valence-corrected chi connectivity index (χ1v) is 6.38. The van der Waals surface area contributed by atoms with E-state index in [-0.39, 0.29) is 18.5 Å². The lowest BCUT2D eigenvalue weighted by Gasteiger charge is -2.40. The Labute approximate surface area is 107 Å². The topological polar surface area (TPSA) is 43.7 Å². The monoisotopic (exact) mass is 253 g/mol. The van der Waals surface area contributed by atoms with Crippen LogP contribution in [0.2, 0.25) is 0 Å². The van der Waals surface area contributed by atoms with Gasteiger partial charge in [-0.2, -0.15) is 0 Å². The Hall–Kier alpha value is -0.970. The largest absolute Gasteiger partial charge is 0.395 e. The Kier molecular flexibility index (Phi) is 4.00. The second kappa shape index (κ2) is 5.34. The van der Waals surface area contributed by atoms with E-state index in [9.17, 15) is 9.50 Å². The molecular formula is C14H20FNO2. The van der Waals surface area contributed by atoms with Gasteiger partial charge in [-0.05, 0) is 37.5 Å². The maximum atomic E-state index is 12.9. The van der Waals surface area contributed by atoms with Crippen LogP contribution in [0.15, 0.2) is 24.3 Å². The number of aliphatic hydroxyl groups excluding tert-OH is 1. The molecule has 0 aromatic heterocycles. The molecular weight excluding hydrogens is 233 g/mol. The van der Waals surface area contributed by atoms with Gasteiger partial charge in [0.05, 0.1) is 12.2 Å². The molecule has 18 heavy (non-hydrogen) atoms. The first kappa shape index (κ1) is 13.5. The van der Waals surface area contributed by atoms with Crippen LogP contribution in [0.1, 0.15) is 25.3 Å². The van der Waals surface area contributed by atoms with Gasteiger partial charge >= 0.3 is 0 Å². The van der Waals surface area contributed by atoms with E-state index < -0.39 is 5.60 Å². The van der Waals surface area contributed by atoms with Crippen molar-refractivity contribution < 1.29 is 14.6 Å². The molecule has 1 aromatic carbocycles. The highest BCUT2D eigenvalue weighted by atomic mass is 19.1. The average Bonchev–Trinajstić information content (AvgIpc) is 2.39. The van der Waals surface area contributed by atoms with Crippen molar-refractivity contribution in [2.24, 2.45) is 0 Å². The van der Waals surface area contributed by atoms with Gasteiger partial charge in [-0.15, -0.1) is 0 Å². The molecule has 0 radical (unpaired) electrons. The number of halogens is 1. The Morgan fingerprint density at radius 3 is 2.33 bits per heavy atom. The smallest absolute Gasteiger partial charge is 0.123 e. The average molecular weight is 253 g/mol. The fraction of sp³-hybridized carbons (Fsp3) is 0.571. The molecule has 4 heteroatoms. The standard InChI is InChI=1S/C14H20FNO2/c1-11(10-17)16-8-6-14(18,7-9-16)12-2-4-13(15)5-3-12/h2-5,11,17-18H,6-10H2,1H3. The summed E-state index contributed by atoms with van der Waals surface area (Å²) >= 11 is 0. The molecule has 1 unspecified atom stereocenters. The fourth-order valence-corrected chi connectivity index (χ4v) is 2.50. The van der Waals surface area contributed by atoms with E-state index in [2.05, 4.69) is 4.90 Å². The zero-order chi connectivity index (χ0) is 13.2. The molecule has 100 valence electrons. The lowest BCUT2D eigenvalue weighted by atomic mass is 9.84. The van der Waals surface area contributed by atoms with Gasteiger partial charge in [-0.3, -0.25) is 4.90 Å². The molecule has 1 atom stereocenters. The van der Waals surface area contributed by atoms with Crippen molar-refractivity contribution in [1.82, 2.24) is 4.90 Å². The summed E-state index contributed by atoms with van der Waals surface area (Å²) in [5.41, 5.74) is -0.0838. The normalized spacial score (nSPS) is 21.8. The van der Waals surface area contributed by atoms with E-state index in [1.807, 2.05) is 6.92 Å². The van der Waals surface area contributed by atoms with Crippen molar-refractivity contribution in [3.8, 4) is 0 Å². The maximum Gasteiger partial charge on any atom is 0.123 e. The number of hydrogen-bond acceptors (Lipinski definition) is 3. The van der Waals surface area contributed by atoms with Gasteiger partial charge in [0.1, 0.15) is 5.82 Å². The first-order valence-electron chi connectivity index (χ1n) is 6.38. The molecule has 1 aliphatic heterocycles. The third-order valence-electron chi connectivity index (χ3n) is 3.89. The molecule has 3 nitrogen and oxygen atoms in total. The molecule has 0 aliphatic carbocycles. The van der Waals surface area contributed by atoms with Crippen molar-refractivity contribution in [2.45, 2.75) is 31.4 Å². The van der Waals surface area contributed by atoms with E-state index in [1.54, 1.807) is 12.1 Å². The van der Waals surface area contributed by atoms with Crippen LogP contribution in [0.25, 0.3) is 0 Å². The summed E-state index contributed by atoms with van der Waals surface area (Å²) in [6, 6.07) is 6.20. The van der Waals surface area contributed by atoms with Gasteiger partial charge in [0.15, 0.2) is 0 Å². The molecule has 1 aliphatic rings. The molecule has 2 rings (SSSR count). The minimum atomic E-state index is -0.862. The summed E-state index contributed by atoms with van der Waals surface area (Å²) in [6.07, 6.45) is 1.23. The summed E-state index contributed by atoms with van der Waals surface area (Å²) in [5, 5.41) is 19.7. The van der Waals surface area contributed by atoms with E-state index in [4.69, 9.17) is 5.11 Å². The molecule has 1 aromatic rings. The second-order valence-electron chi connectivity index (χ2n) is 5.11. The number of nitrogens with zero attached hydrogens (tertiary/aromatic N) is 1. The van der Waals surface area contributed by atoms with Crippen LogP contribution in [-0.2, 0) is 5.60 Å². The van der Waals surface area contributed by atoms with Crippen LogP contribution in [0.3, 0.4) is 0 Å². The van der Waals surface area contributed by atoms with Gasteiger partial charge in [-0.1, -0.05) is 12.1 Å². The van der Waals surface area contributed by atoms with E-state index in [1.165, 1.54) is 12.1 Å². The SMILES string of the molecule is CC(CO)N1CCC(O)(c2ccc(F)cc2)CC1. The van der Waals surface area contributed by atoms with Crippen molar-refractivity contribution in [2.75, 3.05) is 19.7 Å². The van der Waals surface area contributed by atoms with E-state index in [0.29, 0.717) is 12.8 Å². The number of likely N-dealkylation sites (tertiary alicyclic amines) is 1. The Balaban J connectivity index is 2.05. The summed E-state index contributed by atoms with van der Waals surface area (Å²) < 4.78 is 12.9. The third kappa shape index (κ3) is 2.71. The Bertz CT molecular complexity index is 385. The molecule has 2 N–H and O–H groups in total. The van der Waals surface area contributed by atoms with Crippen molar-refractivity contribution in [1.29, 1.82) is 0 Å². The fourth-order valence-electron chi connectivity index (χ4n) is 2.50. The van der Waals surface area contributed by atoms with Crippen molar-refractivity contribution in [3.63, 3.8) is 0 Å². The quantitative estimate of drug-likeness (QED) is 0.857. The zero-order valence-electron chi connectivity index (χ0n) is 10.6. The summed E-state index contributed by atoms with van der Waals surface area (Å²) in [4.78, 5) is 2.16. The highest BCUT2D eigenvalue weighted by Gasteiger charge is 2.34. The van der Waals surface area contributed by atoms with Gasteiger partial charge < -0.3 is 10.2 Å². The van der Waals surface area contributed by atoms with Gasteiger partial charge in [-0.25, -0.2) is 4.39 Å². The minimum absolute atomic E-state index is 0.128. The van der Waals surface area contributed by atoms with Gasteiger partial charge in [0.2, 0.25) is 0 Å². The summed E-state index contributed by atoms with van der Waals surface area (Å²) in [5.74, 6) is -0.284. The Morgan fingerprint density at radius 2 is 1.83 bits per heavy atom. The highest BCUT2D eigenvalue weighted by molar-refractivity contribution is 5.23. The summed E-state index contributed by atoms with van der Waals surface area (Å²) in [7, 11) is 0. The van der Waals surface area contributed by atoms with Gasteiger partial charge in [0.25, 0.3) is 0 Å². The molecule has 0 spiro atoms. The number of aliphatic hydroxyl groups is 2. The highest BCUT2D eigenvalue weighted by Crippen LogP contribution is 2.33. The van der Waals surface area contributed by atoms with E-state index in [0.717, 1.165) is 18.7 Å². The number of hydrogen-bond donors (Lipinski definition) is 2. The zero-order valence-corrected chi connectivity index (χ0v) is 10.6.